The molecule has 0 spiro atoms. The molecule has 0 saturated carbocycles. The van der Waals surface area contributed by atoms with Gasteiger partial charge in [-0.05, 0) is 49.9 Å². The zero-order chi connectivity index (χ0) is 15.1. The van der Waals surface area contributed by atoms with Crippen molar-refractivity contribution in [2.45, 2.75) is 65.8 Å². The van der Waals surface area contributed by atoms with E-state index in [0.29, 0.717) is 18.4 Å². The van der Waals surface area contributed by atoms with Crippen LogP contribution in [-0.4, -0.2) is 11.9 Å². The predicted octanol–water partition coefficient (Wildman–Crippen LogP) is 4.71. The van der Waals surface area contributed by atoms with Gasteiger partial charge in [-0.2, -0.15) is 0 Å². The first-order valence-corrected chi connectivity index (χ1v) is 7.65. The van der Waals surface area contributed by atoms with E-state index in [1.165, 1.54) is 6.07 Å². The average Bonchev–Trinajstić information content (AvgIpc) is 2.41. The fourth-order valence-electron chi connectivity index (χ4n) is 2.51. The summed E-state index contributed by atoms with van der Waals surface area (Å²) in [5.41, 5.74) is 1.49. The Morgan fingerprint density at radius 2 is 1.95 bits per heavy atom. The number of anilines is 1. The van der Waals surface area contributed by atoms with Gasteiger partial charge in [-0.25, -0.2) is 4.39 Å². The molecule has 0 N–H and O–H groups in total. The molecule has 0 heterocycles. The topological polar surface area (TPSA) is 20.3 Å². The summed E-state index contributed by atoms with van der Waals surface area (Å²) in [6.45, 7) is 8.10. The van der Waals surface area contributed by atoms with E-state index in [1.807, 2.05) is 24.8 Å². The van der Waals surface area contributed by atoms with Crippen molar-refractivity contribution in [2.24, 2.45) is 0 Å². The number of hydrogen-bond acceptors (Lipinski definition) is 1. The second kappa shape index (κ2) is 8.03. The van der Waals surface area contributed by atoms with Crippen molar-refractivity contribution < 1.29 is 9.18 Å². The minimum absolute atomic E-state index is 0.127. The van der Waals surface area contributed by atoms with Gasteiger partial charge in [0, 0.05) is 18.2 Å². The molecule has 0 aromatic heterocycles. The van der Waals surface area contributed by atoms with Crippen molar-refractivity contribution >= 4 is 11.6 Å². The van der Waals surface area contributed by atoms with E-state index in [2.05, 4.69) is 13.8 Å². The minimum atomic E-state index is -0.192. The van der Waals surface area contributed by atoms with Gasteiger partial charge >= 0.3 is 0 Å². The van der Waals surface area contributed by atoms with Crippen molar-refractivity contribution in [1.29, 1.82) is 0 Å². The van der Waals surface area contributed by atoms with Gasteiger partial charge in [-0.1, -0.05) is 27.2 Å². The lowest BCUT2D eigenvalue weighted by Crippen LogP contribution is -2.38. The van der Waals surface area contributed by atoms with Gasteiger partial charge in [0.25, 0.3) is 0 Å². The van der Waals surface area contributed by atoms with Crippen molar-refractivity contribution in [3.8, 4) is 0 Å². The lowest BCUT2D eigenvalue weighted by Gasteiger charge is -2.30. The molecule has 1 rings (SSSR count). The molecule has 1 amide bonds. The van der Waals surface area contributed by atoms with E-state index in [0.717, 1.165) is 24.9 Å². The van der Waals surface area contributed by atoms with Crippen LogP contribution in [0, 0.1) is 5.82 Å². The molecule has 1 aromatic rings. The molecule has 1 unspecified atom stereocenters. The standard InChI is InChI=1S/C17H26FNO/c1-5-8-13(4)19(17(20)9-6-2)15-10-11-16(18)14(7-3)12-15/h10-13H,5-9H2,1-4H3. The summed E-state index contributed by atoms with van der Waals surface area (Å²) in [5.74, 6) is -0.0654. The Labute approximate surface area is 122 Å². The van der Waals surface area contributed by atoms with Gasteiger partial charge in [-0.3, -0.25) is 4.79 Å². The summed E-state index contributed by atoms with van der Waals surface area (Å²) >= 11 is 0. The van der Waals surface area contributed by atoms with Crippen LogP contribution in [0.4, 0.5) is 10.1 Å². The Balaban J connectivity index is 3.12. The Morgan fingerprint density at radius 3 is 2.50 bits per heavy atom. The number of benzene rings is 1. The molecule has 0 saturated heterocycles. The number of nitrogens with zero attached hydrogens (tertiary/aromatic N) is 1. The number of hydrogen-bond donors (Lipinski definition) is 0. The lowest BCUT2D eigenvalue weighted by atomic mass is 10.1. The second-order valence-corrected chi connectivity index (χ2v) is 5.28. The number of aryl methyl sites for hydroxylation is 1. The molecule has 20 heavy (non-hydrogen) atoms. The van der Waals surface area contributed by atoms with Crippen LogP contribution in [0.15, 0.2) is 18.2 Å². The molecule has 1 aromatic carbocycles. The molecule has 0 aliphatic rings. The highest BCUT2D eigenvalue weighted by molar-refractivity contribution is 5.93. The van der Waals surface area contributed by atoms with E-state index in [1.54, 1.807) is 6.07 Å². The third-order valence-electron chi connectivity index (χ3n) is 3.57. The molecule has 0 bridgehead atoms. The quantitative estimate of drug-likeness (QED) is 0.708. The maximum atomic E-state index is 13.6. The van der Waals surface area contributed by atoms with E-state index in [-0.39, 0.29) is 17.8 Å². The van der Waals surface area contributed by atoms with E-state index >= 15 is 0 Å². The molecule has 0 radical (unpaired) electrons. The number of carbonyl (C=O) groups excluding carboxylic acids is 1. The van der Waals surface area contributed by atoms with Crippen molar-refractivity contribution in [1.82, 2.24) is 0 Å². The maximum absolute atomic E-state index is 13.6. The van der Waals surface area contributed by atoms with E-state index < -0.39 is 0 Å². The van der Waals surface area contributed by atoms with Crippen LogP contribution in [0.25, 0.3) is 0 Å². The van der Waals surface area contributed by atoms with Crippen molar-refractivity contribution in [3.63, 3.8) is 0 Å². The third-order valence-corrected chi connectivity index (χ3v) is 3.57. The zero-order valence-electron chi connectivity index (χ0n) is 13.1. The van der Waals surface area contributed by atoms with Gasteiger partial charge in [-0.15, -0.1) is 0 Å². The van der Waals surface area contributed by atoms with Crippen LogP contribution in [0.1, 0.15) is 58.9 Å². The van der Waals surface area contributed by atoms with E-state index in [4.69, 9.17) is 0 Å². The normalized spacial score (nSPS) is 12.2. The van der Waals surface area contributed by atoms with Crippen LogP contribution in [0.5, 0.6) is 0 Å². The fraction of sp³-hybridized carbons (Fsp3) is 0.588. The van der Waals surface area contributed by atoms with Gasteiger partial charge in [0.15, 0.2) is 0 Å². The highest BCUT2D eigenvalue weighted by atomic mass is 19.1. The molecular weight excluding hydrogens is 253 g/mol. The largest absolute Gasteiger partial charge is 0.310 e. The van der Waals surface area contributed by atoms with Crippen LogP contribution >= 0.6 is 0 Å². The Hall–Kier alpha value is -1.38. The number of rotatable bonds is 7. The molecule has 1 atom stereocenters. The molecule has 0 fully saturated rings. The lowest BCUT2D eigenvalue weighted by molar-refractivity contribution is -0.119. The van der Waals surface area contributed by atoms with Gasteiger partial charge in [0.2, 0.25) is 5.91 Å². The molecule has 0 aliphatic heterocycles. The molecule has 112 valence electrons. The SMILES string of the molecule is CCCC(=O)N(c1ccc(F)c(CC)c1)C(C)CCC. The summed E-state index contributed by atoms with van der Waals surface area (Å²) in [4.78, 5) is 14.2. The van der Waals surface area contributed by atoms with Crippen LogP contribution < -0.4 is 4.90 Å². The van der Waals surface area contributed by atoms with E-state index in [9.17, 15) is 9.18 Å². The Kier molecular flexibility index (Phi) is 6.69. The van der Waals surface area contributed by atoms with Gasteiger partial charge in [0.05, 0.1) is 0 Å². The highest BCUT2D eigenvalue weighted by Crippen LogP contribution is 2.24. The van der Waals surface area contributed by atoms with Gasteiger partial charge < -0.3 is 4.90 Å². The monoisotopic (exact) mass is 279 g/mol. The summed E-state index contributed by atoms with van der Waals surface area (Å²) < 4.78 is 13.6. The minimum Gasteiger partial charge on any atom is -0.310 e. The van der Waals surface area contributed by atoms with Crippen molar-refractivity contribution in [3.05, 3.63) is 29.6 Å². The zero-order valence-corrected chi connectivity index (χ0v) is 13.1. The maximum Gasteiger partial charge on any atom is 0.227 e. The second-order valence-electron chi connectivity index (χ2n) is 5.28. The Bertz CT molecular complexity index is 445. The summed E-state index contributed by atoms with van der Waals surface area (Å²) in [5, 5.41) is 0. The van der Waals surface area contributed by atoms with Crippen LogP contribution in [-0.2, 0) is 11.2 Å². The smallest absolute Gasteiger partial charge is 0.227 e. The number of amides is 1. The fourth-order valence-corrected chi connectivity index (χ4v) is 2.51. The number of halogens is 1. The number of carbonyl (C=O) groups is 1. The summed E-state index contributed by atoms with van der Waals surface area (Å²) in [6, 6.07) is 5.15. The molecule has 3 heteroatoms. The first-order chi connectivity index (χ1) is 9.54. The van der Waals surface area contributed by atoms with Crippen molar-refractivity contribution in [2.75, 3.05) is 4.90 Å². The molecule has 0 aliphatic carbocycles. The summed E-state index contributed by atoms with van der Waals surface area (Å²) in [7, 11) is 0. The van der Waals surface area contributed by atoms with Crippen LogP contribution in [0.3, 0.4) is 0 Å². The van der Waals surface area contributed by atoms with Crippen LogP contribution in [0.2, 0.25) is 0 Å². The predicted molar refractivity (Wildman–Crippen MR) is 82.5 cm³/mol. The first kappa shape index (κ1) is 16.7. The average molecular weight is 279 g/mol. The molecular formula is C17H26FNO. The third kappa shape index (κ3) is 4.06. The Morgan fingerprint density at radius 1 is 1.25 bits per heavy atom. The summed E-state index contributed by atoms with van der Waals surface area (Å²) in [6.07, 6.45) is 3.98. The first-order valence-electron chi connectivity index (χ1n) is 7.65. The highest BCUT2D eigenvalue weighted by Gasteiger charge is 2.21. The van der Waals surface area contributed by atoms with Gasteiger partial charge in [0.1, 0.15) is 5.82 Å². The molecule has 2 nitrogen and oxygen atoms in total.